The molecule has 2 unspecified atom stereocenters. The molecule has 0 aliphatic carbocycles. The van der Waals surface area contributed by atoms with Crippen molar-refractivity contribution in [3.63, 3.8) is 0 Å². The molecule has 0 aromatic heterocycles. The molecule has 0 saturated heterocycles. The summed E-state index contributed by atoms with van der Waals surface area (Å²) in [7, 11) is 0. The molecule has 0 saturated carbocycles. The molecule has 1 aromatic carbocycles. The van der Waals surface area contributed by atoms with Crippen molar-refractivity contribution >= 4 is 11.7 Å². The summed E-state index contributed by atoms with van der Waals surface area (Å²) >= 11 is 0. The first-order valence-corrected chi connectivity index (χ1v) is 10.4. The second-order valence-corrected chi connectivity index (χ2v) is 8.20. The molecule has 0 bridgehead atoms. The van der Waals surface area contributed by atoms with E-state index in [-0.39, 0.29) is 12.4 Å². The molecular weight excluding hydrogens is 378 g/mol. The summed E-state index contributed by atoms with van der Waals surface area (Å²) in [5.41, 5.74) is 3.56. The molecule has 154 valence electrons. The average Bonchev–Trinajstić information content (AvgIpc) is 2.73. The van der Waals surface area contributed by atoms with Gasteiger partial charge in [0.15, 0.2) is 6.07 Å². The Morgan fingerprint density at radius 1 is 1.33 bits per heavy atom. The van der Waals surface area contributed by atoms with Crippen molar-refractivity contribution in [2.75, 3.05) is 18.0 Å². The Hall–Kier alpha value is -3.25. The maximum Gasteiger partial charge on any atom is 0.359 e. The van der Waals surface area contributed by atoms with Gasteiger partial charge in [0.2, 0.25) is 0 Å². The summed E-state index contributed by atoms with van der Waals surface area (Å²) in [5.74, 6) is 0.614. The van der Waals surface area contributed by atoms with Crippen LogP contribution in [0.1, 0.15) is 55.9 Å². The molecule has 3 aliphatic heterocycles. The standard InChI is InChI=1S/C24H25N3O3/c1-16-13-24(15-25,26-3)14-21(29-16)12-22(30-17(2)28)20-10-18-6-4-8-27-9-5-7-19(11-20)23(18)27/h10-11,13-14,22H,4-9,12H2,1-2H3. The van der Waals surface area contributed by atoms with Crippen molar-refractivity contribution in [1.29, 1.82) is 5.26 Å². The number of hydrogen-bond donors (Lipinski definition) is 0. The lowest BCUT2D eigenvalue weighted by Gasteiger charge is -2.37. The van der Waals surface area contributed by atoms with Crippen LogP contribution < -0.4 is 4.90 Å². The molecule has 0 spiro atoms. The van der Waals surface area contributed by atoms with Crippen LogP contribution in [0.4, 0.5) is 5.69 Å². The summed E-state index contributed by atoms with van der Waals surface area (Å²) in [6.07, 6.45) is 7.11. The zero-order chi connectivity index (χ0) is 21.3. The molecule has 0 radical (unpaired) electrons. The molecule has 6 heteroatoms. The fourth-order valence-electron chi connectivity index (χ4n) is 4.74. The van der Waals surface area contributed by atoms with Gasteiger partial charge in [0.05, 0.1) is 12.2 Å². The third-order valence-corrected chi connectivity index (χ3v) is 5.88. The zero-order valence-corrected chi connectivity index (χ0v) is 17.4. The zero-order valence-electron chi connectivity index (χ0n) is 17.4. The number of rotatable bonds is 4. The Labute approximate surface area is 177 Å². The summed E-state index contributed by atoms with van der Waals surface area (Å²) in [4.78, 5) is 17.8. The van der Waals surface area contributed by atoms with Crippen molar-refractivity contribution in [3.05, 3.63) is 63.9 Å². The highest BCUT2D eigenvalue weighted by Gasteiger charge is 2.37. The summed E-state index contributed by atoms with van der Waals surface area (Å²) in [6, 6.07) is 6.36. The first-order valence-electron chi connectivity index (χ1n) is 10.4. The molecule has 30 heavy (non-hydrogen) atoms. The molecule has 4 rings (SSSR count). The average molecular weight is 403 g/mol. The summed E-state index contributed by atoms with van der Waals surface area (Å²) < 4.78 is 11.5. The van der Waals surface area contributed by atoms with Gasteiger partial charge in [-0.25, -0.2) is 6.57 Å². The van der Waals surface area contributed by atoms with Crippen LogP contribution in [-0.2, 0) is 27.1 Å². The molecule has 2 atom stereocenters. The van der Waals surface area contributed by atoms with Gasteiger partial charge in [0.25, 0.3) is 0 Å². The van der Waals surface area contributed by atoms with Crippen molar-refractivity contribution in [2.45, 2.75) is 57.6 Å². The smallest absolute Gasteiger partial charge is 0.359 e. The Balaban J connectivity index is 1.70. The second kappa shape index (κ2) is 7.88. The van der Waals surface area contributed by atoms with E-state index in [9.17, 15) is 10.1 Å². The fraction of sp³-hybridized carbons (Fsp3) is 0.458. The van der Waals surface area contributed by atoms with Gasteiger partial charge in [-0.3, -0.25) is 9.64 Å². The number of ether oxygens (including phenoxy) is 2. The minimum absolute atomic E-state index is 0.283. The number of carbonyl (C=O) groups excluding carboxylic acids is 1. The molecule has 0 fully saturated rings. The number of aryl methyl sites for hydroxylation is 2. The first-order chi connectivity index (χ1) is 14.4. The number of allylic oxidation sites excluding steroid dienone is 1. The number of hydrogen-bond acceptors (Lipinski definition) is 5. The van der Waals surface area contributed by atoms with E-state index in [2.05, 4.69) is 27.9 Å². The third kappa shape index (κ3) is 3.78. The largest absolute Gasteiger partial charge is 0.466 e. The summed E-state index contributed by atoms with van der Waals surface area (Å²) in [5, 5.41) is 9.51. The normalized spacial score (nSPS) is 23.0. The maximum absolute atomic E-state index is 11.9. The van der Waals surface area contributed by atoms with Crippen LogP contribution in [0.15, 0.2) is 35.8 Å². The van der Waals surface area contributed by atoms with Crippen molar-refractivity contribution in [3.8, 4) is 6.07 Å². The van der Waals surface area contributed by atoms with Crippen LogP contribution in [0, 0.1) is 17.9 Å². The van der Waals surface area contributed by atoms with E-state index in [1.807, 2.05) is 0 Å². The lowest BCUT2D eigenvalue weighted by atomic mass is 9.88. The molecular formula is C24H25N3O3. The molecule has 3 aliphatic rings. The van der Waals surface area contributed by atoms with Gasteiger partial charge in [-0.1, -0.05) is 12.1 Å². The van der Waals surface area contributed by atoms with E-state index in [4.69, 9.17) is 16.0 Å². The molecule has 3 heterocycles. The highest BCUT2D eigenvalue weighted by atomic mass is 16.5. The number of nitriles is 1. The topological polar surface area (TPSA) is 66.9 Å². The van der Waals surface area contributed by atoms with Crippen LogP contribution in [0.2, 0.25) is 0 Å². The molecule has 0 amide bonds. The fourth-order valence-corrected chi connectivity index (χ4v) is 4.74. The Bertz CT molecular complexity index is 980. The number of nitrogens with zero attached hydrogens (tertiary/aromatic N) is 3. The minimum Gasteiger partial charge on any atom is -0.466 e. The minimum atomic E-state index is -1.37. The van der Waals surface area contributed by atoms with Gasteiger partial charge in [-0.15, -0.1) is 0 Å². The number of anilines is 1. The van der Waals surface area contributed by atoms with E-state index in [0.29, 0.717) is 11.5 Å². The number of esters is 1. The third-order valence-electron chi connectivity index (χ3n) is 5.88. The van der Waals surface area contributed by atoms with Gasteiger partial charge in [-0.2, -0.15) is 5.26 Å². The van der Waals surface area contributed by atoms with E-state index < -0.39 is 11.6 Å². The molecule has 1 aromatic rings. The highest BCUT2D eigenvalue weighted by molar-refractivity contribution is 5.67. The Morgan fingerprint density at radius 3 is 2.57 bits per heavy atom. The van der Waals surface area contributed by atoms with Gasteiger partial charge in [-0.05, 0) is 49.3 Å². The van der Waals surface area contributed by atoms with Crippen LogP contribution in [-0.4, -0.2) is 24.6 Å². The van der Waals surface area contributed by atoms with Crippen molar-refractivity contribution in [2.24, 2.45) is 0 Å². The van der Waals surface area contributed by atoms with Gasteiger partial charge in [0.1, 0.15) is 17.6 Å². The number of carbonyl (C=O) groups is 1. The number of benzene rings is 1. The van der Waals surface area contributed by atoms with E-state index in [1.54, 1.807) is 6.92 Å². The van der Waals surface area contributed by atoms with Crippen LogP contribution in [0.5, 0.6) is 0 Å². The molecule has 0 N–H and O–H groups in total. The Kier molecular flexibility index (Phi) is 5.26. The van der Waals surface area contributed by atoms with Crippen molar-refractivity contribution in [1.82, 2.24) is 0 Å². The van der Waals surface area contributed by atoms with E-state index in [0.717, 1.165) is 44.3 Å². The van der Waals surface area contributed by atoms with Crippen LogP contribution in [0.25, 0.3) is 4.85 Å². The quantitative estimate of drug-likeness (QED) is 0.551. The lowest BCUT2D eigenvalue weighted by Crippen LogP contribution is -2.34. The molecule has 6 nitrogen and oxygen atoms in total. The van der Waals surface area contributed by atoms with Gasteiger partial charge in [0, 0.05) is 32.1 Å². The highest BCUT2D eigenvalue weighted by Crippen LogP contribution is 2.40. The first kappa shape index (κ1) is 20.0. The predicted molar refractivity (Wildman–Crippen MR) is 112 cm³/mol. The van der Waals surface area contributed by atoms with E-state index in [1.165, 1.54) is 35.9 Å². The SMILES string of the molecule is [C-]#[N+]C1(C#N)C=C(C)OC(CC(OC(C)=O)c2cc3c4c(c2)CCCN4CCC3)=C1. The second-order valence-electron chi connectivity index (χ2n) is 8.20. The lowest BCUT2D eigenvalue weighted by molar-refractivity contribution is -0.146. The maximum atomic E-state index is 11.9. The van der Waals surface area contributed by atoms with Crippen LogP contribution >= 0.6 is 0 Å². The van der Waals surface area contributed by atoms with Crippen molar-refractivity contribution < 1.29 is 14.3 Å². The Morgan fingerprint density at radius 2 is 2.00 bits per heavy atom. The summed E-state index contributed by atoms with van der Waals surface area (Å²) in [6.45, 7) is 12.8. The van der Waals surface area contributed by atoms with Gasteiger partial charge >= 0.3 is 11.5 Å². The van der Waals surface area contributed by atoms with Gasteiger partial charge < -0.3 is 14.4 Å². The van der Waals surface area contributed by atoms with Crippen LogP contribution in [0.3, 0.4) is 0 Å². The predicted octanol–water partition coefficient (Wildman–Crippen LogP) is 4.38. The monoisotopic (exact) mass is 403 g/mol. The van der Waals surface area contributed by atoms with E-state index >= 15 is 0 Å².